The van der Waals surface area contributed by atoms with Crippen molar-refractivity contribution in [2.75, 3.05) is 18.5 Å². The van der Waals surface area contributed by atoms with Crippen LogP contribution in [0.4, 0.5) is 11.4 Å². The molecule has 0 fully saturated rings. The Labute approximate surface area is 110 Å². The minimum absolute atomic E-state index is 0.0563. The maximum atomic E-state index is 10.5. The number of nitrogens with zero attached hydrogens (tertiary/aromatic N) is 3. The Morgan fingerprint density at radius 3 is 2.74 bits per heavy atom. The van der Waals surface area contributed by atoms with Crippen LogP contribution in [0.2, 0.25) is 0 Å². The molecule has 0 aliphatic carbocycles. The number of aryl methyl sites for hydroxylation is 1. The lowest BCUT2D eigenvalue weighted by atomic mass is 10.3. The molecular weight excluding hydrogens is 248 g/mol. The van der Waals surface area contributed by atoms with Crippen molar-refractivity contribution in [1.29, 1.82) is 0 Å². The topological polar surface area (TPSA) is 82.2 Å². The Balaban J connectivity index is 1.75. The van der Waals surface area contributed by atoms with Gasteiger partial charge in [-0.3, -0.25) is 14.8 Å². The summed E-state index contributed by atoms with van der Waals surface area (Å²) >= 11 is 0. The van der Waals surface area contributed by atoms with Gasteiger partial charge < -0.3 is 10.1 Å². The third kappa shape index (κ3) is 3.70. The smallest absolute Gasteiger partial charge is 0.269 e. The van der Waals surface area contributed by atoms with Crippen LogP contribution in [0.25, 0.3) is 0 Å². The zero-order valence-electron chi connectivity index (χ0n) is 10.4. The van der Waals surface area contributed by atoms with Crippen LogP contribution in [0.3, 0.4) is 0 Å². The summed E-state index contributed by atoms with van der Waals surface area (Å²) in [6, 6.07) is 6.01. The van der Waals surface area contributed by atoms with Gasteiger partial charge in [0.2, 0.25) is 0 Å². The summed E-state index contributed by atoms with van der Waals surface area (Å²) in [6.45, 7) is 1.09. The van der Waals surface area contributed by atoms with Crippen LogP contribution in [0.15, 0.2) is 36.7 Å². The fourth-order valence-corrected chi connectivity index (χ4v) is 1.54. The van der Waals surface area contributed by atoms with Gasteiger partial charge in [0.25, 0.3) is 5.69 Å². The predicted molar refractivity (Wildman–Crippen MR) is 70.3 cm³/mol. The van der Waals surface area contributed by atoms with E-state index in [-0.39, 0.29) is 5.69 Å². The number of nitro groups is 1. The normalized spacial score (nSPS) is 10.2. The zero-order valence-corrected chi connectivity index (χ0v) is 10.4. The number of non-ortho nitro benzene ring substituents is 1. The molecule has 0 aliphatic heterocycles. The molecule has 1 N–H and O–H groups in total. The Bertz CT molecular complexity index is 550. The van der Waals surface area contributed by atoms with E-state index in [4.69, 9.17) is 4.74 Å². The van der Waals surface area contributed by atoms with Crippen molar-refractivity contribution in [2.24, 2.45) is 7.05 Å². The lowest BCUT2D eigenvalue weighted by Crippen LogP contribution is -2.11. The van der Waals surface area contributed by atoms with Crippen molar-refractivity contribution >= 4 is 11.4 Å². The highest BCUT2D eigenvalue weighted by atomic mass is 16.6. The van der Waals surface area contributed by atoms with E-state index in [1.54, 1.807) is 23.0 Å². The van der Waals surface area contributed by atoms with E-state index >= 15 is 0 Å². The quantitative estimate of drug-likeness (QED) is 0.488. The largest absolute Gasteiger partial charge is 0.492 e. The molecule has 2 rings (SSSR count). The molecule has 1 aromatic heterocycles. The van der Waals surface area contributed by atoms with Gasteiger partial charge in [0.1, 0.15) is 12.4 Å². The van der Waals surface area contributed by atoms with E-state index in [9.17, 15) is 10.1 Å². The highest BCUT2D eigenvalue weighted by Crippen LogP contribution is 2.17. The molecule has 0 aliphatic rings. The Kier molecular flexibility index (Phi) is 3.97. The summed E-state index contributed by atoms with van der Waals surface area (Å²) in [4.78, 5) is 10.0. The first-order chi connectivity index (χ1) is 9.15. The van der Waals surface area contributed by atoms with Crippen molar-refractivity contribution in [2.45, 2.75) is 0 Å². The minimum atomic E-state index is -0.437. The Hall–Kier alpha value is -2.57. The van der Waals surface area contributed by atoms with E-state index < -0.39 is 4.92 Å². The van der Waals surface area contributed by atoms with Gasteiger partial charge in [0, 0.05) is 31.9 Å². The van der Waals surface area contributed by atoms with Gasteiger partial charge in [-0.15, -0.1) is 0 Å². The number of ether oxygens (including phenoxy) is 1. The lowest BCUT2D eigenvalue weighted by molar-refractivity contribution is -0.384. The molecule has 19 heavy (non-hydrogen) atoms. The van der Waals surface area contributed by atoms with Crippen LogP contribution in [0.5, 0.6) is 5.75 Å². The SMILES string of the molecule is Cn1cc(NCCOc2ccc([N+](=O)[O-])cc2)cn1. The van der Waals surface area contributed by atoms with E-state index in [0.29, 0.717) is 18.9 Å². The van der Waals surface area contributed by atoms with Crippen LogP contribution >= 0.6 is 0 Å². The molecule has 0 saturated carbocycles. The molecule has 0 atom stereocenters. The molecule has 0 unspecified atom stereocenters. The summed E-state index contributed by atoms with van der Waals surface area (Å²) in [7, 11) is 1.85. The van der Waals surface area contributed by atoms with Gasteiger partial charge in [-0.25, -0.2) is 0 Å². The van der Waals surface area contributed by atoms with Gasteiger partial charge in [0.15, 0.2) is 0 Å². The second-order valence-electron chi connectivity index (χ2n) is 3.93. The fraction of sp³-hybridized carbons (Fsp3) is 0.250. The first-order valence-corrected chi connectivity index (χ1v) is 5.75. The summed E-state index contributed by atoms with van der Waals surface area (Å²) in [6.07, 6.45) is 3.59. The van der Waals surface area contributed by atoms with Gasteiger partial charge in [-0.1, -0.05) is 0 Å². The molecule has 1 aromatic carbocycles. The molecule has 0 bridgehead atoms. The number of aromatic nitrogens is 2. The summed E-state index contributed by atoms with van der Waals surface area (Å²) < 4.78 is 7.16. The Morgan fingerprint density at radius 1 is 1.42 bits per heavy atom. The van der Waals surface area contributed by atoms with Crippen LogP contribution in [-0.4, -0.2) is 27.9 Å². The van der Waals surface area contributed by atoms with E-state index in [2.05, 4.69) is 10.4 Å². The second-order valence-corrected chi connectivity index (χ2v) is 3.93. The van der Waals surface area contributed by atoms with Crippen LogP contribution < -0.4 is 10.1 Å². The predicted octanol–water partition coefficient (Wildman–Crippen LogP) is 1.82. The number of benzene rings is 1. The van der Waals surface area contributed by atoms with Gasteiger partial charge in [0.05, 0.1) is 16.8 Å². The van der Waals surface area contributed by atoms with E-state index in [0.717, 1.165) is 5.69 Å². The maximum absolute atomic E-state index is 10.5. The molecular formula is C12H14N4O3. The molecule has 0 spiro atoms. The lowest BCUT2D eigenvalue weighted by Gasteiger charge is -2.06. The minimum Gasteiger partial charge on any atom is -0.492 e. The van der Waals surface area contributed by atoms with Gasteiger partial charge in [-0.05, 0) is 12.1 Å². The zero-order chi connectivity index (χ0) is 13.7. The number of hydrogen-bond acceptors (Lipinski definition) is 5. The van der Waals surface area contributed by atoms with E-state index in [1.807, 2.05) is 13.2 Å². The number of nitrogens with one attached hydrogen (secondary N) is 1. The molecule has 0 radical (unpaired) electrons. The van der Waals surface area contributed by atoms with Gasteiger partial charge in [-0.2, -0.15) is 5.10 Å². The summed E-state index contributed by atoms with van der Waals surface area (Å²) in [5.74, 6) is 0.610. The number of nitro benzene ring substituents is 1. The monoisotopic (exact) mass is 262 g/mol. The summed E-state index contributed by atoms with van der Waals surface area (Å²) in [5.41, 5.74) is 0.982. The van der Waals surface area contributed by atoms with Crippen LogP contribution in [-0.2, 0) is 7.05 Å². The average Bonchev–Trinajstić information content (AvgIpc) is 2.81. The molecule has 0 saturated heterocycles. The third-order valence-electron chi connectivity index (χ3n) is 2.45. The molecule has 1 heterocycles. The van der Waals surface area contributed by atoms with Crippen molar-refractivity contribution in [3.8, 4) is 5.75 Å². The fourth-order valence-electron chi connectivity index (χ4n) is 1.54. The molecule has 100 valence electrons. The maximum Gasteiger partial charge on any atom is 0.269 e. The molecule has 7 heteroatoms. The molecule has 7 nitrogen and oxygen atoms in total. The van der Waals surface area contributed by atoms with Crippen molar-refractivity contribution in [3.05, 3.63) is 46.8 Å². The van der Waals surface area contributed by atoms with Crippen LogP contribution in [0, 0.1) is 10.1 Å². The highest BCUT2D eigenvalue weighted by molar-refractivity contribution is 5.38. The number of rotatable bonds is 6. The molecule has 2 aromatic rings. The number of hydrogen-bond donors (Lipinski definition) is 1. The Morgan fingerprint density at radius 2 is 2.16 bits per heavy atom. The number of anilines is 1. The highest BCUT2D eigenvalue weighted by Gasteiger charge is 2.04. The van der Waals surface area contributed by atoms with E-state index in [1.165, 1.54) is 12.1 Å². The van der Waals surface area contributed by atoms with Gasteiger partial charge >= 0.3 is 0 Å². The van der Waals surface area contributed by atoms with Crippen LogP contribution in [0.1, 0.15) is 0 Å². The van der Waals surface area contributed by atoms with Crippen molar-refractivity contribution < 1.29 is 9.66 Å². The van der Waals surface area contributed by atoms with Crippen molar-refractivity contribution in [1.82, 2.24) is 9.78 Å². The first-order valence-electron chi connectivity index (χ1n) is 5.75. The average molecular weight is 262 g/mol. The molecule has 0 amide bonds. The first kappa shape index (κ1) is 12.9. The standard InChI is InChI=1S/C12H14N4O3/c1-15-9-10(8-14-15)13-6-7-19-12-4-2-11(3-5-12)16(17)18/h2-5,8-9,13H,6-7H2,1H3. The third-order valence-corrected chi connectivity index (χ3v) is 2.45. The second kappa shape index (κ2) is 5.85. The summed E-state index contributed by atoms with van der Waals surface area (Å²) in [5, 5.41) is 17.7. The van der Waals surface area contributed by atoms with Crippen molar-refractivity contribution in [3.63, 3.8) is 0 Å².